The first-order valence-corrected chi connectivity index (χ1v) is 11.8. The van der Waals surface area contributed by atoms with Gasteiger partial charge in [0, 0.05) is 11.6 Å². The summed E-state index contributed by atoms with van der Waals surface area (Å²) >= 11 is 2.43. The van der Waals surface area contributed by atoms with Gasteiger partial charge < -0.3 is 10.5 Å². The zero-order valence-electron chi connectivity index (χ0n) is 19.2. The van der Waals surface area contributed by atoms with E-state index in [0.29, 0.717) is 5.82 Å². The number of rotatable bonds is 6. The van der Waals surface area contributed by atoms with Crippen LogP contribution in [0, 0.1) is 6.92 Å². The lowest BCUT2D eigenvalue weighted by Gasteiger charge is -2.37. The molecular weight excluding hydrogens is 518 g/mol. The average molecular weight is 547 g/mol. The first kappa shape index (κ1) is 24.1. The summed E-state index contributed by atoms with van der Waals surface area (Å²) < 4.78 is 8.15. The largest absolute Gasteiger partial charge is 0.486 e. The molecule has 2 heterocycles. The van der Waals surface area contributed by atoms with Crippen LogP contribution in [-0.4, -0.2) is 44.5 Å². The number of aryl methyl sites for hydroxylation is 1. The highest BCUT2D eigenvalue weighted by atomic mass is 127. The third-order valence-electron chi connectivity index (χ3n) is 5.34. The Labute approximate surface area is 202 Å². The zero-order valence-corrected chi connectivity index (χ0v) is 22.5. The van der Waals surface area contributed by atoms with Crippen LogP contribution >= 0.6 is 31.8 Å². The second-order valence-electron chi connectivity index (χ2n) is 9.47. The molecular formula is C21H29B2IN5OP. The van der Waals surface area contributed by atoms with Gasteiger partial charge in [0.1, 0.15) is 44.4 Å². The smallest absolute Gasteiger partial charge is 0.146 e. The number of anilines is 1. The second kappa shape index (κ2) is 8.39. The normalized spacial score (nSPS) is 12.7. The Morgan fingerprint density at radius 1 is 1.06 bits per heavy atom. The lowest BCUT2D eigenvalue weighted by molar-refractivity contribution is 0.0837. The van der Waals surface area contributed by atoms with Crippen molar-refractivity contribution in [1.29, 1.82) is 0 Å². The van der Waals surface area contributed by atoms with Crippen molar-refractivity contribution in [2.75, 3.05) is 5.73 Å². The fourth-order valence-electron chi connectivity index (χ4n) is 2.94. The highest BCUT2D eigenvalue weighted by Gasteiger charge is 2.37. The van der Waals surface area contributed by atoms with Crippen LogP contribution in [0.1, 0.15) is 39.1 Å². The molecule has 0 aliphatic heterocycles. The number of nitrogens with two attached hydrogens (primary N) is 1. The highest BCUT2D eigenvalue weighted by Crippen LogP contribution is 2.37. The van der Waals surface area contributed by atoms with Crippen LogP contribution < -0.4 is 10.5 Å². The Kier molecular flexibility index (Phi) is 6.51. The van der Waals surface area contributed by atoms with Gasteiger partial charge in [-0.3, -0.25) is 0 Å². The zero-order chi connectivity index (χ0) is 23.2. The quantitative estimate of drug-likeness (QED) is 0.223. The summed E-state index contributed by atoms with van der Waals surface area (Å²) in [6, 6.07) is 8.05. The molecule has 0 saturated heterocycles. The first-order valence-electron chi connectivity index (χ1n) is 10.1. The van der Waals surface area contributed by atoms with Crippen molar-refractivity contribution >= 4 is 53.3 Å². The monoisotopic (exact) mass is 547 g/mol. The molecule has 0 saturated carbocycles. The van der Waals surface area contributed by atoms with E-state index < -0.39 is 0 Å². The molecule has 31 heavy (non-hydrogen) atoms. The van der Waals surface area contributed by atoms with Gasteiger partial charge in [-0.15, -0.1) is 14.3 Å². The average Bonchev–Trinajstić information content (AvgIpc) is 3.01. The van der Waals surface area contributed by atoms with Gasteiger partial charge in [-0.1, -0.05) is 22.6 Å². The molecule has 3 aromatic rings. The van der Waals surface area contributed by atoms with Crippen LogP contribution in [-0.2, 0) is 4.95 Å². The molecule has 0 radical (unpaired) electrons. The van der Waals surface area contributed by atoms with Gasteiger partial charge in [0.2, 0.25) is 0 Å². The van der Waals surface area contributed by atoms with E-state index >= 15 is 0 Å². The van der Waals surface area contributed by atoms with Crippen LogP contribution in [0.25, 0.3) is 16.9 Å². The van der Waals surface area contributed by atoms with Crippen LogP contribution in [0.3, 0.4) is 0 Å². The third-order valence-corrected chi connectivity index (χ3v) is 6.90. The van der Waals surface area contributed by atoms with Crippen molar-refractivity contribution in [3.63, 3.8) is 0 Å². The Hall–Kier alpha value is -1.60. The molecule has 10 heteroatoms. The minimum atomic E-state index is -0.355. The molecule has 1 unspecified atom stereocenters. The Balaban J connectivity index is 2.04. The van der Waals surface area contributed by atoms with E-state index in [1.807, 2.05) is 12.1 Å². The van der Waals surface area contributed by atoms with Crippen molar-refractivity contribution in [3.05, 3.63) is 48.0 Å². The standard InChI is InChI=1S/C21H29B2IN5OP/c1-12-6-13(8-15(7-12)30-20(4,5)19(2,3)24)16-9-17(25)28-29(16)14-10-26-18(27-11-14)21(22,23)31/h6-11H,22-23,31H2,1-5H3,(H2,25,28). The van der Waals surface area contributed by atoms with Gasteiger partial charge in [0.25, 0.3) is 0 Å². The summed E-state index contributed by atoms with van der Waals surface area (Å²) in [6.45, 7) is 10.6. The maximum Gasteiger partial charge on any atom is 0.146 e. The molecule has 3 rings (SSSR count). The second-order valence-corrected chi connectivity index (χ2v) is 13.6. The molecule has 0 aliphatic rings. The van der Waals surface area contributed by atoms with Gasteiger partial charge in [-0.25, -0.2) is 14.6 Å². The summed E-state index contributed by atoms with van der Waals surface area (Å²) in [5.74, 6) is 1.99. The number of nitrogen functional groups attached to an aromatic ring is 1. The minimum absolute atomic E-state index is 0.0503. The number of alkyl halides is 1. The maximum atomic E-state index is 6.42. The van der Waals surface area contributed by atoms with Crippen LogP contribution in [0.2, 0.25) is 0 Å². The van der Waals surface area contributed by atoms with Crippen molar-refractivity contribution in [3.8, 4) is 22.7 Å². The molecule has 0 amide bonds. The third kappa shape index (κ3) is 5.43. The van der Waals surface area contributed by atoms with Gasteiger partial charge in [-0.05, 0) is 63.3 Å². The van der Waals surface area contributed by atoms with Crippen molar-refractivity contribution in [1.82, 2.24) is 19.7 Å². The van der Waals surface area contributed by atoms with E-state index in [2.05, 4.69) is 109 Å². The predicted molar refractivity (Wildman–Crippen MR) is 145 cm³/mol. The number of nitrogens with zero attached hydrogens (tertiary/aromatic N) is 4. The molecule has 2 N–H and O–H groups in total. The van der Waals surface area contributed by atoms with E-state index in [1.165, 1.54) is 0 Å². The number of benzene rings is 1. The Morgan fingerprint density at radius 2 is 1.68 bits per heavy atom. The topological polar surface area (TPSA) is 78.9 Å². The van der Waals surface area contributed by atoms with Crippen LogP contribution in [0.4, 0.5) is 5.82 Å². The Bertz CT molecular complexity index is 1090. The summed E-state index contributed by atoms with van der Waals surface area (Å²) in [6.07, 6.45) is 3.55. The molecule has 162 valence electrons. The Morgan fingerprint density at radius 3 is 2.23 bits per heavy atom. The number of halogens is 1. The van der Waals surface area contributed by atoms with Gasteiger partial charge in [0.05, 0.1) is 21.5 Å². The minimum Gasteiger partial charge on any atom is -0.486 e. The number of ether oxygens (including phenoxy) is 1. The van der Waals surface area contributed by atoms with Crippen molar-refractivity contribution in [2.24, 2.45) is 0 Å². The van der Waals surface area contributed by atoms with E-state index in [0.717, 1.165) is 34.1 Å². The van der Waals surface area contributed by atoms with Crippen LogP contribution in [0.15, 0.2) is 36.7 Å². The first-order chi connectivity index (χ1) is 14.2. The molecule has 2 aromatic heterocycles. The number of aromatic nitrogens is 4. The van der Waals surface area contributed by atoms with E-state index in [-0.39, 0.29) is 14.0 Å². The number of hydrogen-bond acceptors (Lipinski definition) is 5. The van der Waals surface area contributed by atoms with E-state index in [1.54, 1.807) is 17.1 Å². The molecule has 0 fully saturated rings. The fraction of sp³-hybridized carbons (Fsp3) is 0.381. The highest BCUT2D eigenvalue weighted by molar-refractivity contribution is 14.1. The van der Waals surface area contributed by atoms with E-state index in [9.17, 15) is 0 Å². The molecule has 0 spiro atoms. The molecule has 1 aromatic carbocycles. The van der Waals surface area contributed by atoms with Crippen LogP contribution in [0.5, 0.6) is 5.75 Å². The van der Waals surface area contributed by atoms with E-state index in [4.69, 9.17) is 10.5 Å². The lowest BCUT2D eigenvalue weighted by atomic mass is 9.69. The molecule has 0 bridgehead atoms. The number of hydrogen-bond donors (Lipinski definition) is 1. The van der Waals surface area contributed by atoms with Crippen molar-refractivity contribution in [2.45, 2.75) is 48.6 Å². The summed E-state index contributed by atoms with van der Waals surface area (Å²) in [5.41, 5.74) is 9.40. The maximum absolute atomic E-state index is 6.42. The van der Waals surface area contributed by atoms with Gasteiger partial charge in [-0.2, -0.15) is 0 Å². The summed E-state index contributed by atoms with van der Waals surface area (Å²) in [7, 11) is 6.86. The van der Waals surface area contributed by atoms with Gasteiger partial charge >= 0.3 is 0 Å². The molecule has 1 atom stereocenters. The lowest BCUT2D eigenvalue weighted by Crippen LogP contribution is -2.45. The van der Waals surface area contributed by atoms with Gasteiger partial charge in [0.15, 0.2) is 0 Å². The fourth-order valence-corrected chi connectivity index (χ4v) is 3.20. The summed E-state index contributed by atoms with van der Waals surface area (Å²) in [4.78, 5) is 8.84. The molecule has 6 nitrogen and oxygen atoms in total. The van der Waals surface area contributed by atoms with Crippen molar-refractivity contribution < 1.29 is 4.74 Å². The summed E-state index contributed by atoms with van der Waals surface area (Å²) in [5, 5.41) is 4.49. The predicted octanol–water partition coefficient (Wildman–Crippen LogP) is 2.84. The SMILES string of the molecule is BC(B)(P)c1ncc(-n2nc(N)cc2-c2cc(C)cc(OC(C)(C)C(C)(C)I)c2)cn1. The molecule has 0 aliphatic carbocycles.